The highest BCUT2D eigenvalue weighted by Gasteiger charge is 2.51. The van der Waals surface area contributed by atoms with Gasteiger partial charge in [-0.3, -0.25) is 4.79 Å². The van der Waals surface area contributed by atoms with Gasteiger partial charge < -0.3 is 24.3 Å². The number of likely N-dealkylation sites (tertiary alicyclic amines) is 1. The normalized spacial score (nSPS) is 22.4. The van der Waals surface area contributed by atoms with Crippen molar-refractivity contribution < 1.29 is 18.8 Å². The van der Waals surface area contributed by atoms with Gasteiger partial charge in [-0.15, -0.1) is 0 Å². The molecule has 0 aromatic heterocycles. The Morgan fingerprint density at radius 2 is 1.57 bits per heavy atom. The van der Waals surface area contributed by atoms with Gasteiger partial charge in [0, 0.05) is 17.3 Å². The van der Waals surface area contributed by atoms with E-state index in [1.54, 1.807) is 7.11 Å². The van der Waals surface area contributed by atoms with Crippen LogP contribution in [0.2, 0.25) is 0 Å². The van der Waals surface area contributed by atoms with Crippen LogP contribution < -0.4 is 15.5 Å². The summed E-state index contributed by atoms with van der Waals surface area (Å²) in [6, 6.07) is 14.3. The van der Waals surface area contributed by atoms with E-state index in [4.69, 9.17) is 14.0 Å². The molecule has 6 nitrogen and oxygen atoms in total. The number of hydrogen-bond acceptors (Lipinski definition) is 5. The van der Waals surface area contributed by atoms with E-state index in [2.05, 4.69) is 16.3 Å². The highest BCUT2D eigenvalue weighted by atomic mass is 16.7. The lowest BCUT2D eigenvalue weighted by atomic mass is 9.79. The van der Waals surface area contributed by atoms with Gasteiger partial charge in [0.2, 0.25) is 0 Å². The fraction of sp³-hybridized carbons (Fsp3) is 0.567. The Kier molecular flexibility index (Phi) is 7.41. The predicted molar refractivity (Wildman–Crippen MR) is 149 cm³/mol. The van der Waals surface area contributed by atoms with Crippen LogP contribution >= 0.6 is 0 Å². The van der Waals surface area contributed by atoms with Crippen LogP contribution in [-0.2, 0) is 9.31 Å². The van der Waals surface area contributed by atoms with Crippen LogP contribution in [0, 0.1) is 0 Å². The molecule has 5 rings (SSSR count). The van der Waals surface area contributed by atoms with Crippen molar-refractivity contribution in [1.29, 1.82) is 0 Å². The second-order valence-corrected chi connectivity index (χ2v) is 11.9. The summed E-state index contributed by atoms with van der Waals surface area (Å²) in [7, 11) is 1.29. The van der Waals surface area contributed by atoms with E-state index in [9.17, 15) is 4.79 Å². The molecule has 2 aromatic rings. The Morgan fingerprint density at radius 1 is 0.946 bits per heavy atom. The lowest BCUT2D eigenvalue weighted by Crippen LogP contribution is -2.41. The van der Waals surface area contributed by atoms with Crippen molar-refractivity contribution in [2.24, 2.45) is 0 Å². The van der Waals surface area contributed by atoms with Crippen LogP contribution in [0.15, 0.2) is 42.5 Å². The summed E-state index contributed by atoms with van der Waals surface area (Å²) in [6.45, 7) is 10.4. The third-order valence-electron chi connectivity index (χ3n) is 9.00. The molecule has 2 heterocycles. The highest BCUT2D eigenvalue weighted by Crippen LogP contribution is 2.38. The van der Waals surface area contributed by atoms with E-state index in [1.807, 2.05) is 64.1 Å². The first kappa shape index (κ1) is 26.3. The molecule has 1 aliphatic carbocycles. The molecular formula is C30H41BN2O4. The van der Waals surface area contributed by atoms with Gasteiger partial charge >= 0.3 is 7.12 Å². The highest BCUT2D eigenvalue weighted by molar-refractivity contribution is 6.62. The Morgan fingerprint density at radius 3 is 2.16 bits per heavy atom. The van der Waals surface area contributed by atoms with Crippen molar-refractivity contribution >= 4 is 24.2 Å². The molecule has 7 heteroatoms. The minimum absolute atomic E-state index is 0.132. The van der Waals surface area contributed by atoms with Crippen molar-refractivity contribution in [3.05, 3.63) is 53.6 Å². The molecule has 2 aliphatic heterocycles. The third kappa shape index (κ3) is 5.45. The monoisotopic (exact) mass is 504 g/mol. The van der Waals surface area contributed by atoms with E-state index in [-0.39, 0.29) is 5.91 Å². The summed E-state index contributed by atoms with van der Waals surface area (Å²) in [4.78, 5) is 15.8. The molecule has 1 amide bonds. The predicted octanol–water partition coefficient (Wildman–Crippen LogP) is 5.37. The molecule has 1 saturated carbocycles. The molecule has 3 fully saturated rings. The zero-order valence-electron chi connectivity index (χ0n) is 23.0. The molecule has 0 spiro atoms. The summed E-state index contributed by atoms with van der Waals surface area (Å²) >= 11 is 0. The topological polar surface area (TPSA) is 60.0 Å². The van der Waals surface area contributed by atoms with Crippen LogP contribution in [0.5, 0.6) is 5.75 Å². The maximum atomic E-state index is 13.1. The molecular weight excluding hydrogens is 463 g/mol. The van der Waals surface area contributed by atoms with Crippen molar-refractivity contribution in [1.82, 2.24) is 4.90 Å². The number of benzene rings is 2. The molecule has 0 atom stereocenters. The first-order chi connectivity index (χ1) is 17.7. The molecule has 2 aromatic carbocycles. The van der Waals surface area contributed by atoms with Crippen LogP contribution in [0.1, 0.15) is 88.1 Å². The van der Waals surface area contributed by atoms with Crippen LogP contribution in [-0.4, -0.2) is 55.4 Å². The molecule has 1 N–H and O–H groups in total. The maximum Gasteiger partial charge on any atom is 0.494 e. The van der Waals surface area contributed by atoms with Gasteiger partial charge in [-0.05, 0) is 114 Å². The van der Waals surface area contributed by atoms with E-state index >= 15 is 0 Å². The number of hydrogen-bond donors (Lipinski definition) is 1. The van der Waals surface area contributed by atoms with Crippen LogP contribution in [0.3, 0.4) is 0 Å². The number of carbonyl (C=O) groups excluding carboxylic acids is 1. The molecule has 3 aliphatic rings. The smallest absolute Gasteiger partial charge is 0.494 e. The van der Waals surface area contributed by atoms with Crippen molar-refractivity contribution in [2.75, 3.05) is 25.5 Å². The second-order valence-electron chi connectivity index (χ2n) is 11.9. The first-order valence-electron chi connectivity index (χ1n) is 13.9. The molecule has 37 heavy (non-hydrogen) atoms. The molecule has 198 valence electrons. The largest absolute Gasteiger partial charge is 0.496 e. The summed E-state index contributed by atoms with van der Waals surface area (Å²) in [5.41, 5.74) is 2.71. The fourth-order valence-electron chi connectivity index (χ4n) is 5.95. The van der Waals surface area contributed by atoms with Crippen molar-refractivity contribution in [3.63, 3.8) is 0 Å². The standard InChI is InChI=1S/C30H41BN2O4/c1-29(2)30(3,4)37-31(36-29)23-12-10-22(11-13-23)28(34)32-24-14-15-27(35-5)26(20-24)21-16-18-33(19-17-21)25-8-6-7-9-25/h10-15,20-21,25H,6-9,16-19H2,1-5H3,(H,32,34). The lowest BCUT2D eigenvalue weighted by Gasteiger charge is -2.36. The Labute approximate surface area is 222 Å². The number of amides is 1. The lowest BCUT2D eigenvalue weighted by molar-refractivity contribution is 0.00578. The number of carbonyl (C=O) groups is 1. The molecule has 0 unspecified atom stereocenters. The van der Waals surface area contributed by atoms with Crippen molar-refractivity contribution in [2.45, 2.75) is 89.4 Å². The van der Waals surface area contributed by atoms with Gasteiger partial charge in [0.15, 0.2) is 0 Å². The SMILES string of the molecule is COc1ccc(NC(=O)c2ccc(B3OC(C)(C)C(C)(C)O3)cc2)cc1C1CCN(C2CCCC2)CC1. The fourth-order valence-corrected chi connectivity index (χ4v) is 5.95. The van der Waals surface area contributed by atoms with Gasteiger partial charge in [-0.2, -0.15) is 0 Å². The van der Waals surface area contributed by atoms with Crippen LogP contribution in [0.25, 0.3) is 0 Å². The third-order valence-corrected chi connectivity index (χ3v) is 9.00. The molecule has 0 radical (unpaired) electrons. The summed E-state index contributed by atoms with van der Waals surface area (Å²) < 4.78 is 18.0. The zero-order valence-corrected chi connectivity index (χ0v) is 23.0. The van der Waals surface area contributed by atoms with Gasteiger partial charge in [0.25, 0.3) is 5.91 Å². The average Bonchev–Trinajstić information content (AvgIpc) is 3.50. The Balaban J connectivity index is 1.24. The van der Waals surface area contributed by atoms with Gasteiger partial charge in [0.1, 0.15) is 5.75 Å². The summed E-state index contributed by atoms with van der Waals surface area (Å²) in [5, 5.41) is 3.09. The summed E-state index contributed by atoms with van der Waals surface area (Å²) in [5.74, 6) is 1.22. The quantitative estimate of drug-likeness (QED) is 0.537. The molecule has 2 saturated heterocycles. The number of nitrogens with zero attached hydrogens (tertiary/aromatic N) is 1. The van der Waals surface area contributed by atoms with Gasteiger partial charge in [0.05, 0.1) is 18.3 Å². The second kappa shape index (κ2) is 10.4. The number of anilines is 1. The summed E-state index contributed by atoms with van der Waals surface area (Å²) in [6.07, 6.45) is 7.72. The number of nitrogens with one attached hydrogen (secondary N) is 1. The van der Waals surface area contributed by atoms with E-state index in [1.165, 1.54) is 31.2 Å². The number of methoxy groups -OCH3 is 1. The average molecular weight is 504 g/mol. The minimum Gasteiger partial charge on any atom is -0.496 e. The zero-order chi connectivity index (χ0) is 26.2. The minimum atomic E-state index is -0.439. The molecule has 0 bridgehead atoms. The van der Waals surface area contributed by atoms with E-state index < -0.39 is 18.3 Å². The van der Waals surface area contributed by atoms with Crippen molar-refractivity contribution in [3.8, 4) is 5.75 Å². The van der Waals surface area contributed by atoms with E-state index in [0.29, 0.717) is 11.5 Å². The van der Waals surface area contributed by atoms with Gasteiger partial charge in [-0.1, -0.05) is 25.0 Å². The Bertz CT molecular complexity index is 1090. The maximum absolute atomic E-state index is 13.1. The first-order valence-corrected chi connectivity index (χ1v) is 13.9. The van der Waals surface area contributed by atoms with Crippen LogP contribution in [0.4, 0.5) is 5.69 Å². The Hall–Kier alpha value is -2.35. The number of ether oxygens (including phenoxy) is 1. The van der Waals surface area contributed by atoms with Gasteiger partial charge in [-0.25, -0.2) is 0 Å². The number of rotatable bonds is 6. The number of piperidine rings is 1. The van der Waals surface area contributed by atoms with E-state index in [0.717, 1.165) is 48.9 Å².